The van der Waals surface area contributed by atoms with Crippen molar-refractivity contribution in [3.05, 3.63) is 63.5 Å². The van der Waals surface area contributed by atoms with E-state index in [2.05, 4.69) is 27.3 Å². The van der Waals surface area contributed by atoms with Crippen molar-refractivity contribution >= 4 is 27.5 Å². The molecule has 1 aliphatic heterocycles. The third-order valence-electron chi connectivity index (χ3n) is 5.12. The standard InChI is InChI=1S/C21H24N4O3S/c26-19(5-7-25-15-23-20-18(21(25)27)6-12-29-20)22-13-16-3-1-2-4-17(16)14-24-8-10-28-11-9-24/h1-4,6,12,15H,5,7-11,13-14H2,(H,22,26). The minimum absolute atomic E-state index is 0.0801. The van der Waals surface area contributed by atoms with E-state index in [0.29, 0.717) is 18.5 Å². The van der Waals surface area contributed by atoms with Crippen LogP contribution in [0.15, 0.2) is 46.8 Å². The van der Waals surface area contributed by atoms with Crippen LogP contribution in [-0.4, -0.2) is 46.7 Å². The molecule has 1 N–H and O–H groups in total. The number of fused-ring (bicyclic) bond motifs is 1. The fourth-order valence-electron chi connectivity index (χ4n) is 3.44. The molecule has 0 aliphatic carbocycles. The summed E-state index contributed by atoms with van der Waals surface area (Å²) in [5.41, 5.74) is 2.24. The highest BCUT2D eigenvalue weighted by atomic mass is 32.1. The Kier molecular flexibility index (Phi) is 6.33. The normalized spacial score (nSPS) is 14.9. The molecule has 1 aromatic carbocycles. The van der Waals surface area contributed by atoms with E-state index < -0.39 is 0 Å². The van der Waals surface area contributed by atoms with Gasteiger partial charge in [0.15, 0.2) is 0 Å². The first-order valence-corrected chi connectivity index (χ1v) is 10.6. The number of ether oxygens (including phenoxy) is 1. The molecule has 7 nitrogen and oxygen atoms in total. The van der Waals surface area contributed by atoms with Gasteiger partial charge in [0.2, 0.25) is 5.91 Å². The number of morpholine rings is 1. The predicted octanol–water partition coefficient (Wildman–Crippen LogP) is 2.00. The van der Waals surface area contributed by atoms with Crippen molar-refractivity contribution in [3.63, 3.8) is 0 Å². The Labute approximate surface area is 172 Å². The first kappa shape index (κ1) is 19.8. The molecule has 0 radical (unpaired) electrons. The summed E-state index contributed by atoms with van der Waals surface area (Å²) < 4.78 is 6.91. The molecule has 0 bridgehead atoms. The van der Waals surface area contributed by atoms with Gasteiger partial charge in [0.25, 0.3) is 5.56 Å². The summed E-state index contributed by atoms with van der Waals surface area (Å²) in [6, 6.07) is 9.96. The highest BCUT2D eigenvalue weighted by Crippen LogP contribution is 2.14. The monoisotopic (exact) mass is 412 g/mol. The number of carbonyl (C=O) groups is 1. The lowest BCUT2D eigenvalue weighted by Gasteiger charge is -2.27. The highest BCUT2D eigenvalue weighted by Gasteiger charge is 2.13. The number of hydrogen-bond acceptors (Lipinski definition) is 6. The molecule has 1 saturated heterocycles. The van der Waals surface area contributed by atoms with Crippen LogP contribution in [0.1, 0.15) is 17.5 Å². The van der Waals surface area contributed by atoms with Crippen LogP contribution < -0.4 is 10.9 Å². The van der Waals surface area contributed by atoms with Crippen LogP contribution in [0.2, 0.25) is 0 Å². The molecule has 0 unspecified atom stereocenters. The Bertz CT molecular complexity index is 1040. The molecule has 3 aromatic rings. The molecule has 4 rings (SSSR count). The van der Waals surface area contributed by atoms with Gasteiger partial charge in [0.1, 0.15) is 4.83 Å². The second-order valence-corrected chi connectivity index (χ2v) is 7.96. The second-order valence-electron chi connectivity index (χ2n) is 7.07. The SMILES string of the molecule is O=C(CCn1cnc2sccc2c1=O)NCc1ccccc1CN1CCOCC1. The molecule has 8 heteroatoms. The van der Waals surface area contributed by atoms with E-state index in [9.17, 15) is 9.59 Å². The van der Waals surface area contributed by atoms with E-state index in [-0.39, 0.29) is 17.9 Å². The maximum absolute atomic E-state index is 12.4. The van der Waals surface area contributed by atoms with Crippen LogP contribution in [-0.2, 0) is 29.2 Å². The number of nitrogens with zero attached hydrogens (tertiary/aromatic N) is 3. The number of carbonyl (C=O) groups excluding carboxylic acids is 1. The van der Waals surface area contributed by atoms with Gasteiger partial charge in [-0.1, -0.05) is 24.3 Å². The van der Waals surface area contributed by atoms with Gasteiger partial charge in [-0.3, -0.25) is 19.1 Å². The van der Waals surface area contributed by atoms with Gasteiger partial charge in [-0.15, -0.1) is 11.3 Å². The Morgan fingerprint density at radius 1 is 1.17 bits per heavy atom. The largest absolute Gasteiger partial charge is 0.379 e. The van der Waals surface area contributed by atoms with E-state index in [1.165, 1.54) is 27.8 Å². The summed E-state index contributed by atoms with van der Waals surface area (Å²) in [5, 5.41) is 5.44. The van der Waals surface area contributed by atoms with E-state index in [4.69, 9.17) is 4.74 Å². The fourth-order valence-corrected chi connectivity index (χ4v) is 4.16. The number of aryl methyl sites for hydroxylation is 1. The molecule has 1 amide bonds. The van der Waals surface area contributed by atoms with E-state index in [1.54, 1.807) is 6.07 Å². The highest BCUT2D eigenvalue weighted by molar-refractivity contribution is 7.16. The lowest BCUT2D eigenvalue weighted by Crippen LogP contribution is -2.36. The predicted molar refractivity (Wildman–Crippen MR) is 113 cm³/mol. The molecule has 3 heterocycles. The Morgan fingerprint density at radius 3 is 2.79 bits per heavy atom. The molecular weight excluding hydrogens is 388 g/mol. The van der Waals surface area contributed by atoms with Crippen molar-refractivity contribution in [2.75, 3.05) is 26.3 Å². The van der Waals surface area contributed by atoms with Crippen LogP contribution in [0.4, 0.5) is 0 Å². The third-order valence-corrected chi connectivity index (χ3v) is 5.94. The molecule has 0 atom stereocenters. The first-order valence-electron chi connectivity index (χ1n) is 9.77. The molecule has 2 aromatic heterocycles. The quantitative estimate of drug-likeness (QED) is 0.642. The summed E-state index contributed by atoms with van der Waals surface area (Å²) in [4.78, 5) is 32.1. The average molecular weight is 413 g/mol. The molecule has 0 spiro atoms. The molecule has 0 saturated carbocycles. The van der Waals surface area contributed by atoms with Crippen molar-refractivity contribution in [1.82, 2.24) is 19.8 Å². The molecule has 1 aliphatic rings. The van der Waals surface area contributed by atoms with Gasteiger partial charge in [0.05, 0.1) is 24.9 Å². The van der Waals surface area contributed by atoms with Crippen LogP contribution in [0, 0.1) is 0 Å². The molecule has 152 valence electrons. The molecule has 1 fully saturated rings. The number of thiophene rings is 1. The van der Waals surface area contributed by atoms with E-state index >= 15 is 0 Å². The summed E-state index contributed by atoms with van der Waals surface area (Å²) >= 11 is 1.44. The average Bonchev–Trinajstić information content (AvgIpc) is 3.23. The summed E-state index contributed by atoms with van der Waals surface area (Å²) in [7, 11) is 0. The van der Waals surface area contributed by atoms with Crippen molar-refractivity contribution in [3.8, 4) is 0 Å². The van der Waals surface area contributed by atoms with Crippen molar-refractivity contribution in [1.29, 1.82) is 0 Å². The van der Waals surface area contributed by atoms with Crippen LogP contribution in [0.25, 0.3) is 10.2 Å². The van der Waals surface area contributed by atoms with Crippen molar-refractivity contribution in [2.45, 2.75) is 26.1 Å². The third kappa shape index (κ3) is 4.90. The second kappa shape index (κ2) is 9.30. The number of rotatable bonds is 7. The number of nitrogens with one attached hydrogen (secondary N) is 1. The zero-order chi connectivity index (χ0) is 20.1. The van der Waals surface area contributed by atoms with Gasteiger partial charge in [-0.2, -0.15) is 0 Å². The van der Waals surface area contributed by atoms with E-state index in [0.717, 1.165) is 43.2 Å². The first-order chi connectivity index (χ1) is 14.2. The van der Waals surface area contributed by atoms with E-state index in [1.807, 2.05) is 17.5 Å². The van der Waals surface area contributed by atoms with Crippen LogP contribution >= 0.6 is 11.3 Å². The Hall–Kier alpha value is -2.55. The maximum atomic E-state index is 12.4. The Morgan fingerprint density at radius 2 is 1.97 bits per heavy atom. The minimum Gasteiger partial charge on any atom is -0.379 e. The minimum atomic E-state index is -0.0973. The van der Waals surface area contributed by atoms with Gasteiger partial charge in [0, 0.05) is 39.1 Å². The summed E-state index contributed by atoms with van der Waals surface area (Å²) in [6.07, 6.45) is 1.76. The molecule has 29 heavy (non-hydrogen) atoms. The lowest BCUT2D eigenvalue weighted by molar-refractivity contribution is -0.121. The van der Waals surface area contributed by atoms with Gasteiger partial charge < -0.3 is 10.1 Å². The van der Waals surface area contributed by atoms with Crippen LogP contribution in [0.3, 0.4) is 0 Å². The van der Waals surface area contributed by atoms with Gasteiger partial charge in [-0.25, -0.2) is 4.98 Å². The van der Waals surface area contributed by atoms with Crippen molar-refractivity contribution < 1.29 is 9.53 Å². The molecular formula is C21H24N4O3S. The topological polar surface area (TPSA) is 76.5 Å². The van der Waals surface area contributed by atoms with Crippen LogP contribution in [0.5, 0.6) is 0 Å². The van der Waals surface area contributed by atoms with Crippen molar-refractivity contribution in [2.24, 2.45) is 0 Å². The smallest absolute Gasteiger partial charge is 0.262 e. The summed E-state index contributed by atoms with van der Waals surface area (Å²) in [5.74, 6) is -0.0801. The maximum Gasteiger partial charge on any atom is 0.262 e. The zero-order valence-electron chi connectivity index (χ0n) is 16.2. The zero-order valence-corrected chi connectivity index (χ0v) is 17.0. The number of hydrogen-bond donors (Lipinski definition) is 1. The fraction of sp³-hybridized carbons (Fsp3) is 0.381. The van der Waals surface area contributed by atoms with Gasteiger partial charge in [-0.05, 0) is 22.6 Å². The number of amides is 1. The van der Waals surface area contributed by atoms with Gasteiger partial charge >= 0.3 is 0 Å². The summed E-state index contributed by atoms with van der Waals surface area (Å²) in [6.45, 7) is 5.05. The lowest BCUT2D eigenvalue weighted by atomic mass is 10.1. The number of aromatic nitrogens is 2. The number of benzene rings is 1. The Balaban J connectivity index is 1.32.